The van der Waals surface area contributed by atoms with Gasteiger partial charge in [-0.1, -0.05) is 24.3 Å². The number of hydrogen-bond acceptors (Lipinski definition) is 2. The van der Waals surface area contributed by atoms with Crippen LogP contribution in [0.3, 0.4) is 0 Å². The summed E-state index contributed by atoms with van der Waals surface area (Å²) in [6.45, 7) is 6.46. The molecule has 0 aliphatic carbocycles. The SMILES string of the molecule is Cc1cccc2c1nc1n(C)c3c(C)c4c(cc3n21)n1c2cccc(C)c2nc1n4C. The lowest BCUT2D eigenvalue weighted by molar-refractivity contribution is 0.957. The second kappa shape index (κ2) is 5.27. The summed E-state index contributed by atoms with van der Waals surface area (Å²) < 4.78 is 9.05. The monoisotopic (exact) mass is 406 g/mol. The number of nitrogens with zero attached hydrogens (tertiary/aromatic N) is 6. The highest BCUT2D eigenvalue weighted by Crippen LogP contribution is 2.35. The molecular formula is C25H22N6. The zero-order valence-electron chi connectivity index (χ0n) is 18.2. The predicted molar refractivity (Wildman–Crippen MR) is 126 cm³/mol. The Morgan fingerprint density at radius 2 is 1.06 bits per heavy atom. The first-order valence-electron chi connectivity index (χ1n) is 10.6. The van der Waals surface area contributed by atoms with Gasteiger partial charge in [-0.3, -0.25) is 8.80 Å². The molecule has 0 radical (unpaired) electrons. The third kappa shape index (κ3) is 1.80. The Labute approximate surface area is 177 Å². The molecule has 152 valence electrons. The van der Waals surface area contributed by atoms with E-state index in [1.54, 1.807) is 0 Å². The van der Waals surface area contributed by atoms with Crippen molar-refractivity contribution in [1.29, 1.82) is 0 Å². The van der Waals surface area contributed by atoms with Crippen molar-refractivity contribution in [3.8, 4) is 0 Å². The molecule has 3 aromatic carbocycles. The van der Waals surface area contributed by atoms with E-state index in [4.69, 9.17) is 9.97 Å². The molecule has 4 aromatic heterocycles. The van der Waals surface area contributed by atoms with Crippen LogP contribution in [0.25, 0.3) is 55.7 Å². The van der Waals surface area contributed by atoms with Crippen LogP contribution in [0.1, 0.15) is 16.7 Å². The van der Waals surface area contributed by atoms with Gasteiger partial charge in [-0.2, -0.15) is 0 Å². The maximum atomic E-state index is 5.00. The van der Waals surface area contributed by atoms with Crippen molar-refractivity contribution in [3.63, 3.8) is 0 Å². The molecule has 0 saturated carbocycles. The van der Waals surface area contributed by atoms with E-state index in [1.807, 2.05) is 0 Å². The Hall–Kier alpha value is -3.80. The van der Waals surface area contributed by atoms with E-state index in [-0.39, 0.29) is 0 Å². The fraction of sp³-hybridized carbons (Fsp3) is 0.200. The van der Waals surface area contributed by atoms with Gasteiger partial charge in [0.05, 0.1) is 44.1 Å². The van der Waals surface area contributed by atoms with E-state index >= 15 is 0 Å². The van der Waals surface area contributed by atoms with Crippen LogP contribution in [0.5, 0.6) is 0 Å². The molecule has 0 fully saturated rings. The fourth-order valence-corrected chi connectivity index (χ4v) is 5.53. The molecule has 0 bridgehead atoms. The smallest absolute Gasteiger partial charge is 0.215 e. The minimum absolute atomic E-state index is 0.972. The van der Waals surface area contributed by atoms with Crippen LogP contribution in [0.15, 0.2) is 42.5 Å². The molecule has 0 unspecified atom stereocenters. The number of hydrogen-bond donors (Lipinski definition) is 0. The zero-order valence-corrected chi connectivity index (χ0v) is 18.2. The zero-order chi connectivity index (χ0) is 21.2. The first kappa shape index (κ1) is 16.9. The van der Waals surface area contributed by atoms with Crippen LogP contribution in [0.4, 0.5) is 0 Å². The van der Waals surface area contributed by atoms with Gasteiger partial charge in [-0.15, -0.1) is 0 Å². The van der Waals surface area contributed by atoms with Gasteiger partial charge >= 0.3 is 0 Å². The minimum atomic E-state index is 0.972. The van der Waals surface area contributed by atoms with E-state index in [2.05, 4.69) is 95.3 Å². The van der Waals surface area contributed by atoms with Crippen LogP contribution in [0.2, 0.25) is 0 Å². The quantitative estimate of drug-likeness (QED) is 0.348. The van der Waals surface area contributed by atoms with E-state index in [1.165, 1.54) is 38.8 Å². The fourth-order valence-electron chi connectivity index (χ4n) is 5.53. The lowest BCUT2D eigenvalue weighted by Gasteiger charge is -2.06. The van der Waals surface area contributed by atoms with Crippen molar-refractivity contribution >= 4 is 55.7 Å². The van der Waals surface area contributed by atoms with Crippen molar-refractivity contribution < 1.29 is 0 Å². The van der Waals surface area contributed by atoms with Crippen molar-refractivity contribution in [2.75, 3.05) is 0 Å². The summed E-state index contributed by atoms with van der Waals surface area (Å²) >= 11 is 0. The molecular weight excluding hydrogens is 384 g/mol. The highest BCUT2D eigenvalue weighted by Gasteiger charge is 2.22. The van der Waals surface area contributed by atoms with Gasteiger partial charge in [0, 0.05) is 19.7 Å². The first-order valence-corrected chi connectivity index (χ1v) is 10.6. The summed E-state index contributed by atoms with van der Waals surface area (Å²) in [5, 5.41) is 0. The number of aryl methyl sites for hydroxylation is 5. The summed E-state index contributed by atoms with van der Waals surface area (Å²) in [5.74, 6) is 1.94. The van der Waals surface area contributed by atoms with Gasteiger partial charge in [0.15, 0.2) is 0 Å². The molecule has 7 rings (SSSR count). The highest BCUT2D eigenvalue weighted by molar-refractivity contribution is 6.04. The molecule has 0 spiro atoms. The topological polar surface area (TPSA) is 44.5 Å². The van der Waals surface area contributed by atoms with Crippen LogP contribution in [-0.2, 0) is 14.1 Å². The summed E-state index contributed by atoms with van der Waals surface area (Å²) in [5.41, 5.74) is 12.9. The average Bonchev–Trinajstić information content (AvgIpc) is 3.45. The summed E-state index contributed by atoms with van der Waals surface area (Å²) in [4.78, 5) is 10.0. The summed E-state index contributed by atoms with van der Waals surface area (Å²) in [6, 6.07) is 15.1. The first-order chi connectivity index (χ1) is 15.0. The number of imidazole rings is 4. The van der Waals surface area contributed by atoms with Gasteiger partial charge in [-0.25, -0.2) is 9.97 Å². The normalized spacial score (nSPS) is 12.7. The van der Waals surface area contributed by atoms with E-state index in [0.717, 1.165) is 33.6 Å². The highest BCUT2D eigenvalue weighted by atomic mass is 15.2. The molecule has 0 saturated heterocycles. The molecule has 6 nitrogen and oxygen atoms in total. The Balaban J connectivity index is 1.79. The molecule has 31 heavy (non-hydrogen) atoms. The molecule has 0 amide bonds. The Bertz CT molecular complexity index is 1750. The largest absolute Gasteiger partial charge is 0.312 e. The van der Waals surface area contributed by atoms with Gasteiger partial charge in [0.2, 0.25) is 11.6 Å². The Morgan fingerprint density at radius 1 is 0.613 bits per heavy atom. The molecule has 7 aromatic rings. The Kier molecular flexibility index (Phi) is 2.88. The van der Waals surface area contributed by atoms with Crippen molar-refractivity contribution in [2.24, 2.45) is 14.1 Å². The van der Waals surface area contributed by atoms with Gasteiger partial charge < -0.3 is 9.13 Å². The van der Waals surface area contributed by atoms with Crippen molar-refractivity contribution in [1.82, 2.24) is 27.9 Å². The third-order valence-electron chi connectivity index (χ3n) is 6.96. The van der Waals surface area contributed by atoms with Crippen molar-refractivity contribution in [2.45, 2.75) is 20.8 Å². The minimum Gasteiger partial charge on any atom is -0.312 e. The third-order valence-corrected chi connectivity index (χ3v) is 6.96. The van der Waals surface area contributed by atoms with Gasteiger partial charge in [-0.05, 0) is 50.1 Å². The number of benzene rings is 3. The average molecular weight is 406 g/mol. The lowest BCUT2D eigenvalue weighted by atomic mass is 10.1. The van der Waals surface area contributed by atoms with Crippen LogP contribution in [0, 0.1) is 20.8 Å². The standard InChI is InChI=1S/C25H22N6/c1-13-8-6-10-16-20(13)26-24-28(4)22-15(3)23-19(12-18(22)30(16)24)31-17-11-7-9-14(2)21(17)27-25(31)29(23)5/h6-12H,1-5H3. The van der Waals surface area contributed by atoms with E-state index < -0.39 is 0 Å². The number of fused-ring (bicyclic) bond motifs is 10. The molecule has 0 N–H and O–H groups in total. The molecule has 0 aliphatic heterocycles. The van der Waals surface area contributed by atoms with Crippen molar-refractivity contribution in [3.05, 3.63) is 59.2 Å². The van der Waals surface area contributed by atoms with Crippen LogP contribution in [-0.4, -0.2) is 27.9 Å². The summed E-state index contributed by atoms with van der Waals surface area (Å²) in [6.07, 6.45) is 0. The second-order valence-electron chi connectivity index (χ2n) is 8.73. The van der Waals surface area contributed by atoms with E-state index in [9.17, 15) is 0 Å². The molecule has 0 aliphatic rings. The van der Waals surface area contributed by atoms with E-state index in [0.29, 0.717) is 0 Å². The van der Waals surface area contributed by atoms with Gasteiger partial charge in [0.1, 0.15) is 0 Å². The number of aromatic nitrogens is 6. The maximum Gasteiger partial charge on any atom is 0.215 e. The molecule has 6 heteroatoms. The van der Waals surface area contributed by atoms with Crippen LogP contribution >= 0.6 is 0 Å². The second-order valence-corrected chi connectivity index (χ2v) is 8.73. The lowest BCUT2D eigenvalue weighted by Crippen LogP contribution is -1.95. The van der Waals surface area contributed by atoms with Gasteiger partial charge in [0.25, 0.3) is 0 Å². The summed E-state index contributed by atoms with van der Waals surface area (Å²) in [7, 11) is 4.23. The number of rotatable bonds is 0. The maximum absolute atomic E-state index is 5.00. The predicted octanol–water partition coefficient (Wildman–Crippen LogP) is 5.20. The van der Waals surface area contributed by atoms with Crippen LogP contribution < -0.4 is 0 Å². The molecule has 4 heterocycles. The Morgan fingerprint density at radius 3 is 1.52 bits per heavy atom. The molecule has 0 atom stereocenters. The number of para-hydroxylation sites is 2.